The number of morpholine rings is 1. The van der Waals surface area contributed by atoms with Crippen LogP contribution in [0.4, 0.5) is 23.7 Å². The zero-order valence-corrected chi connectivity index (χ0v) is 23.3. The highest BCUT2D eigenvalue weighted by Crippen LogP contribution is 2.32. The summed E-state index contributed by atoms with van der Waals surface area (Å²) in [7, 11) is 0. The molecule has 1 aromatic heterocycles. The molecule has 0 saturated carbocycles. The Labute approximate surface area is 246 Å². The van der Waals surface area contributed by atoms with Crippen molar-refractivity contribution in [3.05, 3.63) is 95.1 Å². The molecule has 0 aliphatic carbocycles. The van der Waals surface area contributed by atoms with E-state index in [2.05, 4.69) is 20.9 Å². The lowest BCUT2D eigenvalue weighted by Gasteiger charge is -2.44. The number of aromatic nitrogens is 1. The SMILES string of the molecule is O=C(O)N[C@H](C(=O)Nc1cncc(F)c1CC[C@@H]1CNCC2(CCOCC2)O1)C(c1ccc(F)cc1)c1ccc(F)cc1. The van der Waals surface area contributed by atoms with E-state index in [-0.39, 0.29) is 29.4 Å². The first-order chi connectivity index (χ1) is 20.7. The Kier molecular flexibility index (Phi) is 9.59. The first kappa shape index (κ1) is 30.5. The number of nitrogens with zero attached hydrogens (tertiary/aromatic N) is 1. The number of carbonyl (C=O) groups is 2. The van der Waals surface area contributed by atoms with Crippen LogP contribution in [-0.2, 0) is 20.7 Å². The number of nitrogens with one attached hydrogen (secondary N) is 3. The number of hydrogen-bond donors (Lipinski definition) is 4. The summed E-state index contributed by atoms with van der Waals surface area (Å²) >= 11 is 0. The summed E-state index contributed by atoms with van der Waals surface area (Å²) in [5.74, 6) is -3.45. The number of anilines is 1. The summed E-state index contributed by atoms with van der Waals surface area (Å²) in [6.45, 7) is 2.55. The van der Waals surface area contributed by atoms with Crippen molar-refractivity contribution in [3.63, 3.8) is 0 Å². The quantitative estimate of drug-likeness (QED) is 0.289. The van der Waals surface area contributed by atoms with Gasteiger partial charge in [0.15, 0.2) is 0 Å². The third kappa shape index (κ3) is 7.51. The fourth-order valence-corrected chi connectivity index (χ4v) is 5.79. The lowest BCUT2D eigenvalue weighted by molar-refractivity contribution is -0.160. The van der Waals surface area contributed by atoms with Crippen molar-refractivity contribution >= 4 is 17.7 Å². The van der Waals surface area contributed by atoms with E-state index in [1.807, 2.05) is 0 Å². The van der Waals surface area contributed by atoms with Gasteiger partial charge in [-0.1, -0.05) is 24.3 Å². The zero-order valence-electron chi connectivity index (χ0n) is 23.3. The number of benzene rings is 2. The number of hydrogen-bond acceptors (Lipinski definition) is 6. The summed E-state index contributed by atoms with van der Waals surface area (Å²) in [4.78, 5) is 29.5. The fraction of sp³-hybridized carbons (Fsp3) is 0.387. The van der Waals surface area contributed by atoms with Crippen LogP contribution in [0.2, 0.25) is 0 Å². The normalized spacial score (nSPS) is 18.7. The average Bonchev–Trinajstić information content (AvgIpc) is 2.98. The van der Waals surface area contributed by atoms with E-state index >= 15 is 4.39 Å². The highest BCUT2D eigenvalue weighted by Gasteiger charge is 2.39. The maximum Gasteiger partial charge on any atom is 0.405 e. The van der Waals surface area contributed by atoms with Crippen LogP contribution in [0.3, 0.4) is 0 Å². The van der Waals surface area contributed by atoms with Crippen LogP contribution < -0.4 is 16.0 Å². The number of rotatable bonds is 9. The predicted molar refractivity (Wildman–Crippen MR) is 151 cm³/mol. The molecule has 3 heterocycles. The van der Waals surface area contributed by atoms with E-state index in [0.717, 1.165) is 25.6 Å². The first-order valence-electron chi connectivity index (χ1n) is 14.1. The van der Waals surface area contributed by atoms with Gasteiger partial charge in [0.05, 0.1) is 29.8 Å². The van der Waals surface area contributed by atoms with Gasteiger partial charge in [0.2, 0.25) is 5.91 Å². The summed E-state index contributed by atoms with van der Waals surface area (Å²) in [5.41, 5.74) is 0.781. The third-order valence-electron chi connectivity index (χ3n) is 7.97. The molecule has 2 fully saturated rings. The molecule has 2 atom stereocenters. The molecule has 0 bridgehead atoms. The standard InChI is InChI=1S/C31H33F3N4O5/c32-21-5-1-19(2-6-21)27(20-3-7-22(33)8-4-20)28(38-30(40)41)29(39)37-26-17-35-16-25(34)24(26)10-9-23-15-36-18-31(43-23)11-13-42-14-12-31/h1-8,16-17,23,27-28,36,38H,9-15,18H2,(H,37,39)(H,40,41)/t23-,28+/m1/s1. The summed E-state index contributed by atoms with van der Waals surface area (Å²) in [6.07, 6.45) is 2.90. The molecule has 228 valence electrons. The molecule has 0 radical (unpaired) electrons. The van der Waals surface area contributed by atoms with Gasteiger partial charge >= 0.3 is 6.09 Å². The molecule has 2 aliphatic heterocycles. The van der Waals surface area contributed by atoms with Crippen molar-refractivity contribution in [1.82, 2.24) is 15.6 Å². The molecule has 1 spiro atoms. The van der Waals surface area contributed by atoms with Gasteiger partial charge < -0.3 is 30.5 Å². The minimum Gasteiger partial charge on any atom is -0.465 e. The van der Waals surface area contributed by atoms with Gasteiger partial charge in [0.25, 0.3) is 0 Å². The summed E-state index contributed by atoms with van der Waals surface area (Å²) < 4.78 is 54.5. The monoisotopic (exact) mass is 598 g/mol. The van der Waals surface area contributed by atoms with Crippen LogP contribution in [0, 0.1) is 17.5 Å². The molecule has 12 heteroatoms. The van der Waals surface area contributed by atoms with Crippen LogP contribution >= 0.6 is 0 Å². The minimum absolute atomic E-state index is 0.0868. The molecule has 2 saturated heterocycles. The van der Waals surface area contributed by atoms with Gasteiger partial charge in [-0.05, 0) is 48.2 Å². The number of carboxylic acid groups (broad SMARTS) is 1. The number of carbonyl (C=O) groups excluding carboxylic acids is 1. The predicted octanol–water partition coefficient (Wildman–Crippen LogP) is 4.38. The number of halogens is 3. The van der Waals surface area contributed by atoms with Gasteiger partial charge in [-0.15, -0.1) is 0 Å². The molecule has 2 aliphatic rings. The van der Waals surface area contributed by atoms with E-state index in [1.54, 1.807) is 0 Å². The smallest absolute Gasteiger partial charge is 0.405 e. The van der Waals surface area contributed by atoms with Crippen molar-refractivity contribution in [2.45, 2.75) is 49.3 Å². The van der Waals surface area contributed by atoms with E-state index in [0.29, 0.717) is 37.3 Å². The van der Waals surface area contributed by atoms with Crippen LogP contribution in [0.15, 0.2) is 60.9 Å². The molecule has 5 rings (SSSR count). The lowest BCUT2D eigenvalue weighted by atomic mass is 9.84. The minimum atomic E-state index is -1.49. The largest absolute Gasteiger partial charge is 0.465 e. The molecular formula is C31H33F3N4O5. The first-order valence-corrected chi connectivity index (χ1v) is 14.1. The van der Waals surface area contributed by atoms with Crippen molar-refractivity contribution in [1.29, 1.82) is 0 Å². The highest BCUT2D eigenvalue weighted by atomic mass is 19.1. The molecule has 0 unspecified atom stereocenters. The fourth-order valence-electron chi connectivity index (χ4n) is 5.79. The molecule has 4 N–H and O–H groups in total. The maximum absolute atomic E-state index is 15.1. The zero-order chi connectivity index (χ0) is 30.4. The van der Waals surface area contributed by atoms with E-state index < -0.39 is 41.4 Å². The second kappa shape index (κ2) is 13.5. The Balaban J connectivity index is 1.39. The molecular weight excluding hydrogens is 565 g/mol. The van der Waals surface area contributed by atoms with Crippen molar-refractivity contribution in [2.75, 3.05) is 31.6 Å². The van der Waals surface area contributed by atoms with Gasteiger partial charge in [-0.25, -0.2) is 18.0 Å². The van der Waals surface area contributed by atoms with E-state index in [4.69, 9.17) is 9.47 Å². The maximum atomic E-state index is 15.1. The van der Waals surface area contributed by atoms with Gasteiger partial charge in [-0.2, -0.15) is 0 Å². The average molecular weight is 599 g/mol. The molecule has 2 amide bonds. The van der Waals surface area contributed by atoms with Gasteiger partial charge in [0, 0.05) is 50.6 Å². The van der Waals surface area contributed by atoms with Crippen LogP contribution in [0.1, 0.15) is 41.9 Å². The van der Waals surface area contributed by atoms with Crippen LogP contribution in [-0.4, -0.2) is 66.1 Å². The molecule has 9 nitrogen and oxygen atoms in total. The van der Waals surface area contributed by atoms with Crippen LogP contribution in [0.5, 0.6) is 0 Å². The topological polar surface area (TPSA) is 122 Å². The molecule has 2 aromatic carbocycles. The van der Waals surface area contributed by atoms with Crippen molar-refractivity contribution < 1.29 is 37.3 Å². The lowest BCUT2D eigenvalue weighted by Crippen LogP contribution is -2.56. The van der Waals surface area contributed by atoms with E-state index in [9.17, 15) is 23.5 Å². The second-order valence-corrected chi connectivity index (χ2v) is 10.8. The summed E-state index contributed by atoms with van der Waals surface area (Å²) in [5, 5.41) is 18.0. The Morgan fingerprint density at radius 2 is 1.63 bits per heavy atom. The van der Waals surface area contributed by atoms with Crippen molar-refractivity contribution in [2.24, 2.45) is 0 Å². The van der Waals surface area contributed by atoms with Gasteiger partial charge in [0.1, 0.15) is 23.5 Å². The third-order valence-corrected chi connectivity index (χ3v) is 7.97. The Morgan fingerprint density at radius 3 is 2.23 bits per heavy atom. The molecule has 43 heavy (non-hydrogen) atoms. The second-order valence-electron chi connectivity index (χ2n) is 10.8. The molecule has 3 aromatic rings. The highest BCUT2D eigenvalue weighted by molar-refractivity contribution is 5.98. The Hall–Kier alpha value is -4.00. The number of ether oxygens (including phenoxy) is 2. The van der Waals surface area contributed by atoms with Gasteiger partial charge in [-0.3, -0.25) is 9.78 Å². The Morgan fingerprint density at radius 1 is 1.00 bits per heavy atom. The van der Waals surface area contributed by atoms with Crippen molar-refractivity contribution in [3.8, 4) is 0 Å². The van der Waals surface area contributed by atoms with E-state index in [1.165, 1.54) is 54.7 Å². The number of amides is 2. The summed E-state index contributed by atoms with van der Waals surface area (Å²) in [6, 6.07) is 8.97. The number of pyridine rings is 1. The Bertz CT molecular complexity index is 1370. The van der Waals surface area contributed by atoms with Crippen LogP contribution in [0.25, 0.3) is 0 Å².